The van der Waals surface area contributed by atoms with E-state index in [1.807, 2.05) is 19.9 Å². The van der Waals surface area contributed by atoms with Gasteiger partial charge in [-0.2, -0.15) is 0 Å². The van der Waals surface area contributed by atoms with Crippen LogP contribution in [0.25, 0.3) is 5.57 Å². The van der Waals surface area contributed by atoms with E-state index in [0.29, 0.717) is 17.0 Å². The Kier molecular flexibility index (Phi) is 4.97. The van der Waals surface area contributed by atoms with Crippen LogP contribution in [0.15, 0.2) is 58.0 Å². The zero-order chi connectivity index (χ0) is 18.1. The highest BCUT2D eigenvalue weighted by atomic mass is 79.9. The largest absolute Gasteiger partial charge is 0.491 e. The lowest BCUT2D eigenvalue weighted by Gasteiger charge is -2.15. The van der Waals surface area contributed by atoms with Crippen LogP contribution in [0.2, 0.25) is 0 Å². The monoisotopic (exact) mass is 419 g/mol. The van der Waals surface area contributed by atoms with E-state index in [9.17, 15) is 9.59 Å². The molecule has 1 aliphatic heterocycles. The summed E-state index contributed by atoms with van der Waals surface area (Å²) in [4.78, 5) is 26.4. The number of ether oxygens (including phenoxy) is 1. The predicted octanol–water partition coefficient (Wildman–Crippen LogP) is 4.76. The molecule has 0 aromatic heterocycles. The highest BCUT2D eigenvalue weighted by Gasteiger charge is 2.39. The van der Waals surface area contributed by atoms with Crippen LogP contribution >= 0.6 is 27.5 Å². The number of hydrogen-bond acceptors (Lipinski definition) is 3. The molecule has 0 fully saturated rings. The lowest BCUT2D eigenvalue weighted by Crippen LogP contribution is -2.31. The Hall–Kier alpha value is -2.11. The Morgan fingerprint density at radius 3 is 2.32 bits per heavy atom. The highest BCUT2D eigenvalue weighted by molar-refractivity contribution is 9.10. The fraction of sp³-hybridized carbons (Fsp3) is 0.158. The fourth-order valence-corrected chi connectivity index (χ4v) is 3.24. The van der Waals surface area contributed by atoms with Crippen LogP contribution in [0.3, 0.4) is 0 Å². The molecule has 4 nitrogen and oxygen atoms in total. The van der Waals surface area contributed by atoms with Crippen molar-refractivity contribution in [3.63, 3.8) is 0 Å². The molecule has 0 saturated carbocycles. The minimum absolute atomic E-state index is 0.0513. The summed E-state index contributed by atoms with van der Waals surface area (Å²) in [6, 6.07) is 13.9. The van der Waals surface area contributed by atoms with Gasteiger partial charge in [-0.25, -0.2) is 4.90 Å². The van der Waals surface area contributed by atoms with Gasteiger partial charge in [-0.1, -0.05) is 45.7 Å². The number of halogens is 2. The summed E-state index contributed by atoms with van der Waals surface area (Å²) in [6.45, 7) is 3.87. The smallest absolute Gasteiger partial charge is 0.277 e. The Labute approximate surface area is 159 Å². The van der Waals surface area contributed by atoms with E-state index in [1.54, 1.807) is 42.5 Å². The number of imide groups is 1. The summed E-state index contributed by atoms with van der Waals surface area (Å²) in [5.41, 5.74) is 1.25. The molecule has 0 N–H and O–H groups in total. The van der Waals surface area contributed by atoms with Gasteiger partial charge < -0.3 is 4.74 Å². The molecule has 1 aliphatic rings. The molecule has 1 heterocycles. The second-order valence-corrected chi connectivity index (χ2v) is 7.10. The Morgan fingerprint density at radius 1 is 1.04 bits per heavy atom. The van der Waals surface area contributed by atoms with Gasteiger partial charge in [0.1, 0.15) is 10.8 Å². The first-order valence-electron chi connectivity index (χ1n) is 7.69. The van der Waals surface area contributed by atoms with E-state index in [4.69, 9.17) is 16.3 Å². The van der Waals surface area contributed by atoms with Crippen LogP contribution in [0.1, 0.15) is 19.4 Å². The molecule has 0 unspecified atom stereocenters. The van der Waals surface area contributed by atoms with Crippen LogP contribution in [-0.2, 0) is 9.59 Å². The molecule has 0 spiro atoms. The van der Waals surface area contributed by atoms with Crippen LogP contribution in [0, 0.1) is 0 Å². The summed E-state index contributed by atoms with van der Waals surface area (Å²) in [5, 5.41) is -0.0810. The number of hydrogen-bond donors (Lipinski definition) is 0. The topological polar surface area (TPSA) is 46.6 Å². The third kappa shape index (κ3) is 3.48. The number of rotatable bonds is 4. The quantitative estimate of drug-likeness (QED) is 0.670. The fourth-order valence-electron chi connectivity index (χ4n) is 2.58. The molecular formula is C19H15BrClNO3. The lowest BCUT2D eigenvalue weighted by molar-refractivity contribution is -0.119. The van der Waals surface area contributed by atoms with E-state index in [0.717, 1.165) is 9.37 Å². The normalized spacial score (nSPS) is 14.7. The first-order valence-corrected chi connectivity index (χ1v) is 8.87. The molecule has 0 saturated heterocycles. The molecule has 25 heavy (non-hydrogen) atoms. The van der Waals surface area contributed by atoms with Crippen molar-refractivity contribution in [1.29, 1.82) is 0 Å². The molecule has 0 atom stereocenters. The summed E-state index contributed by atoms with van der Waals surface area (Å²) in [5.74, 6) is -0.274. The number of carbonyl (C=O) groups excluding carboxylic acids is 2. The lowest BCUT2D eigenvalue weighted by atomic mass is 10.1. The van der Waals surface area contributed by atoms with E-state index in [2.05, 4.69) is 15.9 Å². The van der Waals surface area contributed by atoms with Gasteiger partial charge >= 0.3 is 0 Å². The summed E-state index contributed by atoms with van der Waals surface area (Å²) in [7, 11) is 0. The van der Waals surface area contributed by atoms with Crippen LogP contribution in [0.4, 0.5) is 5.69 Å². The average molecular weight is 421 g/mol. The van der Waals surface area contributed by atoms with E-state index in [1.165, 1.54) is 0 Å². The summed E-state index contributed by atoms with van der Waals surface area (Å²) in [6.07, 6.45) is 0.0513. The van der Waals surface area contributed by atoms with Crippen molar-refractivity contribution in [2.24, 2.45) is 0 Å². The Morgan fingerprint density at radius 2 is 1.72 bits per heavy atom. The second-order valence-electron chi connectivity index (χ2n) is 5.81. The molecule has 3 rings (SSSR count). The van der Waals surface area contributed by atoms with E-state index in [-0.39, 0.29) is 16.7 Å². The van der Waals surface area contributed by atoms with Crippen LogP contribution < -0.4 is 9.64 Å². The van der Waals surface area contributed by atoms with Gasteiger partial charge in [0, 0.05) is 4.47 Å². The number of anilines is 1. The third-order valence-corrected chi connectivity index (χ3v) is 4.45. The van der Waals surface area contributed by atoms with Crippen molar-refractivity contribution < 1.29 is 14.3 Å². The number of carbonyl (C=O) groups is 2. The number of nitrogens with zero attached hydrogens (tertiary/aromatic N) is 1. The van der Waals surface area contributed by atoms with Gasteiger partial charge in [-0.15, -0.1) is 0 Å². The van der Waals surface area contributed by atoms with E-state index >= 15 is 0 Å². The predicted molar refractivity (Wildman–Crippen MR) is 102 cm³/mol. The van der Waals surface area contributed by atoms with Crippen molar-refractivity contribution >= 4 is 50.6 Å². The van der Waals surface area contributed by atoms with Gasteiger partial charge in [0.05, 0.1) is 17.4 Å². The van der Waals surface area contributed by atoms with Gasteiger partial charge in [0.15, 0.2) is 0 Å². The SMILES string of the molecule is CC(C)Oc1ccc(C2=C(Cl)C(=O)N(c3cccc(Br)c3)C2=O)cc1. The number of benzene rings is 2. The molecule has 2 aromatic rings. The maximum atomic E-state index is 12.8. The maximum Gasteiger partial charge on any atom is 0.277 e. The van der Waals surface area contributed by atoms with Crippen molar-refractivity contribution in [2.45, 2.75) is 20.0 Å². The van der Waals surface area contributed by atoms with Crippen molar-refractivity contribution in [1.82, 2.24) is 0 Å². The van der Waals surface area contributed by atoms with Crippen molar-refractivity contribution in [2.75, 3.05) is 4.90 Å². The molecule has 128 valence electrons. The minimum Gasteiger partial charge on any atom is -0.491 e. The Bertz CT molecular complexity index is 874. The molecule has 0 bridgehead atoms. The van der Waals surface area contributed by atoms with Crippen molar-refractivity contribution in [3.05, 3.63) is 63.6 Å². The van der Waals surface area contributed by atoms with Crippen LogP contribution in [0.5, 0.6) is 5.75 Å². The average Bonchev–Trinajstić information content (AvgIpc) is 2.78. The molecule has 2 amide bonds. The molecule has 6 heteroatoms. The first kappa shape index (κ1) is 17.7. The zero-order valence-electron chi connectivity index (χ0n) is 13.6. The zero-order valence-corrected chi connectivity index (χ0v) is 16.0. The summed E-state index contributed by atoms with van der Waals surface area (Å²) >= 11 is 9.53. The molecule has 0 radical (unpaired) electrons. The number of amides is 2. The molecule has 2 aromatic carbocycles. The van der Waals surface area contributed by atoms with Gasteiger partial charge in [-0.05, 0) is 49.7 Å². The minimum atomic E-state index is -0.526. The van der Waals surface area contributed by atoms with Crippen molar-refractivity contribution in [3.8, 4) is 5.75 Å². The highest BCUT2D eigenvalue weighted by Crippen LogP contribution is 2.36. The Balaban J connectivity index is 1.94. The van der Waals surface area contributed by atoms with Crippen LogP contribution in [-0.4, -0.2) is 17.9 Å². The van der Waals surface area contributed by atoms with Gasteiger partial charge in [-0.3, -0.25) is 9.59 Å². The third-order valence-electron chi connectivity index (χ3n) is 3.61. The maximum absolute atomic E-state index is 12.8. The van der Waals surface area contributed by atoms with E-state index < -0.39 is 11.8 Å². The first-order chi connectivity index (χ1) is 11.9. The second kappa shape index (κ2) is 7.02. The summed E-state index contributed by atoms with van der Waals surface area (Å²) < 4.78 is 6.36. The molecule has 0 aliphatic carbocycles. The molecular weight excluding hydrogens is 406 g/mol. The van der Waals surface area contributed by atoms with Gasteiger partial charge in [0.2, 0.25) is 0 Å². The van der Waals surface area contributed by atoms with Gasteiger partial charge in [0.25, 0.3) is 11.8 Å². The standard InChI is InChI=1S/C19H15BrClNO3/c1-11(2)25-15-8-6-12(7-9-15)16-17(21)19(24)22(18(16)23)14-5-3-4-13(20)10-14/h3-11H,1-2H3.